The van der Waals surface area contributed by atoms with Gasteiger partial charge in [0.25, 0.3) is 0 Å². The van der Waals surface area contributed by atoms with Crippen molar-refractivity contribution in [2.24, 2.45) is 0 Å². The molecule has 0 radical (unpaired) electrons. The van der Waals surface area contributed by atoms with Crippen LogP contribution in [0.4, 0.5) is 4.39 Å². The SMILES string of the molecule is Cc1nc(-c2cccc(F)c2)sc1C1CCCN1. The molecule has 3 rings (SSSR count). The van der Waals surface area contributed by atoms with Crippen LogP contribution in [0.15, 0.2) is 24.3 Å². The number of aromatic nitrogens is 1. The second kappa shape index (κ2) is 4.78. The van der Waals surface area contributed by atoms with E-state index in [4.69, 9.17) is 0 Å². The van der Waals surface area contributed by atoms with Crippen molar-refractivity contribution in [1.29, 1.82) is 0 Å². The maximum Gasteiger partial charge on any atom is 0.124 e. The molecule has 1 saturated heterocycles. The van der Waals surface area contributed by atoms with Gasteiger partial charge >= 0.3 is 0 Å². The fourth-order valence-corrected chi connectivity index (χ4v) is 3.56. The maximum atomic E-state index is 13.2. The average molecular weight is 262 g/mol. The predicted octanol–water partition coefficient (Wildman–Crippen LogP) is 3.68. The van der Waals surface area contributed by atoms with Gasteiger partial charge in [-0.25, -0.2) is 9.37 Å². The lowest BCUT2D eigenvalue weighted by atomic mass is 10.2. The zero-order chi connectivity index (χ0) is 12.5. The van der Waals surface area contributed by atoms with Gasteiger partial charge in [0, 0.05) is 16.5 Å². The largest absolute Gasteiger partial charge is 0.309 e. The Morgan fingerprint density at radius 3 is 3.06 bits per heavy atom. The Bertz CT molecular complexity index is 559. The fraction of sp³-hybridized carbons (Fsp3) is 0.357. The Hall–Kier alpha value is -1.26. The summed E-state index contributed by atoms with van der Waals surface area (Å²) in [5.74, 6) is -0.208. The number of aryl methyl sites for hydroxylation is 1. The summed E-state index contributed by atoms with van der Waals surface area (Å²) in [5, 5.41) is 4.40. The summed E-state index contributed by atoms with van der Waals surface area (Å²) >= 11 is 1.68. The summed E-state index contributed by atoms with van der Waals surface area (Å²) in [7, 11) is 0. The van der Waals surface area contributed by atoms with Crippen LogP contribution >= 0.6 is 11.3 Å². The first-order valence-corrected chi connectivity index (χ1v) is 7.02. The predicted molar refractivity (Wildman–Crippen MR) is 72.2 cm³/mol. The van der Waals surface area contributed by atoms with Gasteiger partial charge in [-0.2, -0.15) is 0 Å². The Labute approximate surface area is 110 Å². The highest BCUT2D eigenvalue weighted by Crippen LogP contribution is 2.35. The molecule has 0 aliphatic carbocycles. The molecule has 2 heterocycles. The highest BCUT2D eigenvalue weighted by atomic mass is 32.1. The summed E-state index contributed by atoms with van der Waals surface area (Å²) in [6, 6.07) is 7.08. The van der Waals surface area contributed by atoms with Gasteiger partial charge in [0.15, 0.2) is 0 Å². The lowest BCUT2D eigenvalue weighted by molar-refractivity contribution is 0.628. The number of hydrogen-bond donors (Lipinski definition) is 1. The minimum Gasteiger partial charge on any atom is -0.309 e. The molecule has 94 valence electrons. The molecule has 0 spiro atoms. The first kappa shape index (κ1) is 11.8. The Kier molecular flexibility index (Phi) is 3.14. The Morgan fingerprint density at radius 1 is 1.44 bits per heavy atom. The maximum absolute atomic E-state index is 13.2. The summed E-state index contributed by atoms with van der Waals surface area (Å²) < 4.78 is 13.2. The quantitative estimate of drug-likeness (QED) is 0.893. The number of benzene rings is 1. The van der Waals surface area contributed by atoms with Crippen molar-refractivity contribution in [3.8, 4) is 10.6 Å². The molecule has 4 heteroatoms. The van der Waals surface area contributed by atoms with Crippen molar-refractivity contribution in [3.63, 3.8) is 0 Å². The topological polar surface area (TPSA) is 24.9 Å². The lowest BCUT2D eigenvalue weighted by Gasteiger charge is -2.07. The highest BCUT2D eigenvalue weighted by Gasteiger charge is 2.21. The van der Waals surface area contributed by atoms with Crippen LogP contribution in [-0.2, 0) is 0 Å². The van der Waals surface area contributed by atoms with E-state index >= 15 is 0 Å². The third kappa shape index (κ3) is 2.18. The van der Waals surface area contributed by atoms with Crippen LogP contribution in [0, 0.1) is 12.7 Å². The molecule has 1 atom stereocenters. The summed E-state index contributed by atoms with van der Waals surface area (Å²) in [4.78, 5) is 5.88. The Balaban J connectivity index is 1.96. The van der Waals surface area contributed by atoms with E-state index in [0.29, 0.717) is 6.04 Å². The summed E-state index contributed by atoms with van der Waals surface area (Å²) in [6.45, 7) is 3.12. The first-order valence-electron chi connectivity index (χ1n) is 6.20. The van der Waals surface area contributed by atoms with Crippen LogP contribution in [0.2, 0.25) is 0 Å². The monoisotopic (exact) mass is 262 g/mol. The van der Waals surface area contributed by atoms with Crippen molar-refractivity contribution >= 4 is 11.3 Å². The second-order valence-electron chi connectivity index (χ2n) is 4.63. The summed E-state index contributed by atoms with van der Waals surface area (Å²) in [5.41, 5.74) is 1.94. The van der Waals surface area contributed by atoms with Crippen LogP contribution in [0.3, 0.4) is 0 Å². The van der Waals surface area contributed by atoms with Gasteiger partial charge in [-0.3, -0.25) is 0 Å². The molecule has 1 N–H and O–H groups in total. The van der Waals surface area contributed by atoms with E-state index in [1.54, 1.807) is 23.5 Å². The zero-order valence-corrected chi connectivity index (χ0v) is 11.1. The van der Waals surface area contributed by atoms with Crippen molar-refractivity contribution in [2.75, 3.05) is 6.54 Å². The van der Waals surface area contributed by atoms with Crippen molar-refractivity contribution in [2.45, 2.75) is 25.8 Å². The number of nitrogens with zero attached hydrogens (tertiary/aromatic N) is 1. The molecule has 0 amide bonds. The number of halogens is 1. The molecule has 0 bridgehead atoms. The fourth-order valence-electron chi connectivity index (χ4n) is 2.38. The number of rotatable bonds is 2. The van der Waals surface area contributed by atoms with E-state index in [-0.39, 0.29) is 5.82 Å². The Morgan fingerprint density at radius 2 is 2.33 bits per heavy atom. The molecule has 1 aromatic heterocycles. The van der Waals surface area contributed by atoms with Crippen LogP contribution in [0.5, 0.6) is 0 Å². The van der Waals surface area contributed by atoms with E-state index in [1.165, 1.54) is 23.8 Å². The molecule has 1 aliphatic rings. The van der Waals surface area contributed by atoms with Crippen LogP contribution in [0.1, 0.15) is 29.5 Å². The third-order valence-corrected chi connectivity index (χ3v) is 4.60. The second-order valence-corrected chi connectivity index (χ2v) is 5.66. The standard InChI is InChI=1S/C14H15FN2S/c1-9-13(12-6-3-7-16-12)18-14(17-9)10-4-2-5-11(15)8-10/h2,4-5,8,12,16H,3,6-7H2,1H3. The number of hydrogen-bond acceptors (Lipinski definition) is 3. The molecular weight excluding hydrogens is 247 g/mol. The molecule has 18 heavy (non-hydrogen) atoms. The molecule has 1 aliphatic heterocycles. The third-order valence-electron chi connectivity index (χ3n) is 3.28. The molecule has 1 aromatic carbocycles. The molecule has 1 unspecified atom stereocenters. The normalized spacial score (nSPS) is 19.3. The van der Waals surface area contributed by atoms with Crippen molar-refractivity contribution < 1.29 is 4.39 Å². The lowest BCUT2D eigenvalue weighted by Crippen LogP contribution is -2.12. The van der Waals surface area contributed by atoms with Crippen LogP contribution in [-0.4, -0.2) is 11.5 Å². The van der Waals surface area contributed by atoms with E-state index in [1.807, 2.05) is 13.0 Å². The van der Waals surface area contributed by atoms with Gasteiger partial charge in [0.05, 0.1) is 5.69 Å². The van der Waals surface area contributed by atoms with Crippen molar-refractivity contribution in [1.82, 2.24) is 10.3 Å². The average Bonchev–Trinajstić information content (AvgIpc) is 2.97. The molecule has 0 saturated carbocycles. The molecule has 1 fully saturated rings. The van der Waals surface area contributed by atoms with Gasteiger partial charge in [0.1, 0.15) is 10.8 Å². The minimum absolute atomic E-state index is 0.208. The highest BCUT2D eigenvalue weighted by molar-refractivity contribution is 7.15. The molecule has 2 aromatic rings. The van der Waals surface area contributed by atoms with Crippen LogP contribution in [0.25, 0.3) is 10.6 Å². The van der Waals surface area contributed by atoms with Gasteiger partial charge in [-0.1, -0.05) is 12.1 Å². The van der Waals surface area contributed by atoms with Gasteiger partial charge < -0.3 is 5.32 Å². The van der Waals surface area contributed by atoms with E-state index in [2.05, 4.69) is 10.3 Å². The smallest absolute Gasteiger partial charge is 0.124 e. The van der Waals surface area contributed by atoms with Gasteiger partial charge in [-0.15, -0.1) is 11.3 Å². The van der Waals surface area contributed by atoms with Gasteiger partial charge in [0.2, 0.25) is 0 Å². The number of thiazole rings is 1. The first-order chi connectivity index (χ1) is 8.74. The van der Waals surface area contributed by atoms with Crippen LogP contribution < -0.4 is 5.32 Å². The van der Waals surface area contributed by atoms with Crippen molar-refractivity contribution in [3.05, 3.63) is 40.7 Å². The number of nitrogens with one attached hydrogen (secondary N) is 1. The van der Waals surface area contributed by atoms with E-state index in [9.17, 15) is 4.39 Å². The minimum atomic E-state index is -0.208. The molecular formula is C14H15FN2S. The van der Waals surface area contributed by atoms with Gasteiger partial charge in [-0.05, 0) is 38.4 Å². The summed E-state index contributed by atoms with van der Waals surface area (Å²) in [6.07, 6.45) is 2.39. The van der Waals surface area contributed by atoms with E-state index < -0.39 is 0 Å². The zero-order valence-electron chi connectivity index (χ0n) is 10.2. The van der Waals surface area contributed by atoms with E-state index in [0.717, 1.165) is 22.8 Å². The molecule has 2 nitrogen and oxygen atoms in total.